The minimum atomic E-state index is -3.97. The standard InChI is InChI=1S/C12H15N3O4S/c1-9(2)5-15-6-11(13-8-15)20(17,18)14-12(16)10-3-4-19-7-10/h3-4,6-9H,5H2,1-2H3,(H,14,16). The minimum absolute atomic E-state index is 0.134. The van der Waals surface area contributed by atoms with Crippen LogP contribution in [0.2, 0.25) is 0 Å². The van der Waals surface area contributed by atoms with Crippen LogP contribution in [-0.2, 0) is 16.6 Å². The number of aromatic nitrogens is 2. The maximum atomic E-state index is 12.0. The number of rotatable bonds is 5. The Hall–Kier alpha value is -2.09. The summed E-state index contributed by atoms with van der Waals surface area (Å²) in [6.45, 7) is 4.67. The Bertz CT molecular complexity index is 686. The van der Waals surface area contributed by atoms with Crippen molar-refractivity contribution >= 4 is 15.9 Å². The second-order valence-electron chi connectivity index (χ2n) is 4.75. The van der Waals surface area contributed by atoms with Crippen LogP contribution in [0.25, 0.3) is 0 Å². The molecule has 0 aliphatic heterocycles. The van der Waals surface area contributed by atoms with Crippen LogP contribution in [0.1, 0.15) is 24.2 Å². The van der Waals surface area contributed by atoms with Gasteiger partial charge in [-0.3, -0.25) is 4.79 Å². The molecule has 0 spiro atoms. The third kappa shape index (κ3) is 3.27. The Kier molecular flexibility index (Phi) is 3.93. The van der Waals surface area contributed by atoms with Gasteiger partial charge in [0, 0.05) is 12.7 Å². The Labute approximate surface area is 116 Å². The van der Waals surface area contributed by atoms with Crippen LogP contribution in [0.5, 0.6) is 0 Å². The monoisotopic (exact) mass is 297 g/mol. The maximum Gasteiger partial charge on any atom is 0.283 e. The Balaban J connectivity index is 2.14. The molecule has 20 heavy (non-hydrogen) atoms. The molecule has 0 atom stereocenters. The van der Waals surface area contributed by atoms with Crippen molar-refractivity contribution in [1.29, 1.82) is 0 Å². The van der Waals surface area contributed by atoms with Crippen LogP contribution in [-0.4, -0.2) is 23.9 Å². The van der Waals surface area contributed by atoms with Gasteiger partial charge in [-0.05, 0) is 12.0 Å². The van der Waals surface area contributed by atoms with Gasteiger partial charge in [0.25, 0.3) is 15.9 Å². The summed E-state index contributed by atoms with van der Waals surface area (Å²) in [7, 11) is -3.97. The number of amides is 1. The first kappa shape index (κ1) is 14.3. The number of hydrogen-bond donors (Lipinski definition) is 1. The molecule has 0 saturated carbocycles. The smallest absolute Gasteiger partial charge is 0.283 e. The summed E-state index contributed by atoms with van der Waals surface area (Å²) in [4.78, 5) is 15.5. The zero-order valence-electron chi connectivity index (χ0n) is 11.1. The minimum Gasteiger partial charge on any atom is -0.472 e. The number of sulfonamides is 1. The highest BCUT2D eigenvalue weighted by molar-refractivity contribution is 7.90. The van der Waals surface area contributed by atoms with Gasteiger partial charge >= 0.3 is 0 Å². The molecular formula is C12H15N3O4S. The number of nitrogens with zero attached hydrogens (tertiary/aromatic N) is 2. The largest absolute Gasteiger partial charge is 0.472 e. The molecule has 0 saturated heterocycles. The number of furan rings is 1. The third-order valence-corrected chi connectivity index (χ3v) is 3.69. The summed E-state index contributed by atoms with van der Waals surface area (Å²) in [5.41, 5.74) is 0.134. The fraction of sp³-hybridized carbons (Fsp3) is 0.333. The van der Waals surface area contributed by atoms with Crippen LogP contribution >= 0.6 is 0 Å². The lowest BCUT2D eigenvalue weighted by Crippen LogP contribution is -2.30. The zero-order chi connectivity index (χ0) is 14.8. The highest BCUT2D eigenvalue weighted by atomic mass is 32.2. The van der Waals surface area contributed by atoms with E-state index in [1.807, 2.05) is 18.6 Å². The number of carbonyl (C=O) groups is 1. The molecule has 2 heterocycles. The number of hydrogen-bond acceptors (Lipinski definition) is 5. The van der Waals surface area contributed by atoms with Gasteiger partial charge in [-0.1, -0.05) is 13.8 Å². The lowest BCUT2D eigenvalue weighted by molar-refractivity contribution is 0.0980. The van der Waals surface area contributed by atoms with Crippen LogP contribution in [0, 0.1) is 5.92 Å². The molecule has 2 rings (SSSR count). The number of carbonyl (C=O) groups excluding carboxylic acids is 1. The Morgan fingerprint density at radius 1 is 1.50 bits per heavy atom. The average molecular weight is 297 g/mol. The lowest BCUT2D eigenvalue weighted by atomic mass is 10.2. The Morgan fingerprint density at radius 2 is 2.25 bits per heavy atom. The van der Waals surface area contributed by atoms with E-state index >= 15 is 0 Å². The Morgan fingerprint density at radius 3 is 2.85 bits per heavy atom. The molecule has 108 valence electrons. The first-order valence-electron chi connectivity index (χ1n) is 5.99. The second kappa shape index (κ2) is 5.49. The van der Waals surface area contributed by atoms with Crippen molar-refractivity contribution in [3.63, 3.8) is 0 Å². The van der Waals surface area contributed by atoms with Crippen LogP contribution < -0.4 is 4.72 Å². The van der Waals surface area contributed by atoms with E-state index < -0.39 is 15.9 Å². The highest BCUT2D eigenvalue weighted by Crippen LogP contribution is 2.09. The molecule has 0 radical (unpaired) electrons. The fourth-order valence-electron chi connectivity index (χ4n) is 1.63. The average Bonchev–Trinajstić information content (AvgIpc) is 2.97. The van der Waals surface area contributed by atoms with E-state index in [2.05, 4.69) is 4.98 Å². The van der Waals surface area contributed by atoms with E-state index in [1.165, 1.54) is 31.1 Å². The molecule has 2 aromatic heterocycles. The molecule has 0 fully saturated rings. The van der Waals surface area contributed by atoms with E-state index in [-0.39, 0.29) is 10.6 Å². The molecule has 7 nitrogen and oxygen atoms in total. The van der Waals surface area contributed by atoms with Crippen molar-refractivity contribution in [2.75, 3.05) is 0 Å². The molecule has 1 amide bonds. The first-order chi connectivity index (χ1) is 9.38. The molecule has 8 heteroatoms. The van der Waals surface area contributed by atoms with Crippen molar-refractivity contribution < 1.29 is 17.6 Å². The summed E-state index contributed by atoms with van der Waals surface area (Å²) in [5.74, 6) is -0.391. The molecule has 1 N–H and O–H groups in total. The SMILES string of the molecule is CC(C)Cn1cnc(S(=O)(=O)NC(=O)c2ccoc2)c1. The van der Waals surface area contributed by atoms with E-state index in [9.17, 15) is 13.2 Å². The summed E-state index contributed by atoms with van der Waals surface area (Å²) in [5, 5.41) is -0.185. The molecule has 0 bridgehead atoms. The number of nitrogens with one attached hydrogen (secondary N) is 1. The van der Waals surface area contributed by atoms with Gasteiger partial charge in [-0.25, -0.2) is 9.71 Å². The van der Waals surface area contributed by atoms with Gasteiger partial charge in [-0.15, -0.1) is 0 Å². The molecule has 0 aromatic carbocycles. The van der Waals surface area contributed by atoms with E-state index in [4.69, 9.17) is 4.42 Å². The van der Waals surface area contributed by atoms with Gasteiger partial charge < -0.3 is 8.98 Å². The normalized spacial score (nSPS) is 11.8. The lowest BCUT2D eigenvalue weighted by Gasteiger charge is -2.04. The molecule has 0 unspecified atom stereocenters. The molecule has 0 aliphatic rings. The quantitative estimate of drug-likeness (QED) is 0.896. The van der Waals surface area contributed by atoms with E-state index in [1.54, 1.807) is 4.57 Å². The van der Waals surface area contributed by atoms with Crippen molar-refractivity contribution in [2.24, 2.45) is 5.92 Å². The predicted octanol–water partition coefficient (Wildman–Crippen LogP) is 1.25. The van der Waals surface area contributed by atoms with Crippen molar-refractivity contribution in [3.05, 3.63) is 36.7 Å². The summed E-state index contributed by atoms with van der Waals surface area (Å²) in [6, 6.07) is 1.38. The predicted molar refractivity (Wildman–Crippen MR) is 70.4 cm³/mol. The zero-order valence-corrected chi connectivity index (χ0v) is 11.9. The topological polar surface area (TPSA) is 94.2 Å². The van der Waals surface area contributed by atoms with Crippen LogP contribution in [0.3, 0.4) is 0 Å². The maximum absolute atomic E-state index is 12.0. The summed E-state index contributed by atoms with van der Waals surface area (Å²) >= 11 is 0. The van der Waals surface area contributed by atoms with Crippen LogP contribution in [0.4, 0.5) is 0 Å². The van der Waals surface area contributed by atoms with Crippen molar-refractivity contribution in [1.82, 2.24) is 14.3 Å². The van der Waals surface area contributed by atoms with E-state index in [0.29, 0.717) is 12.5 Å². The fourth-order valence-corrected chi connectivity index (χ4v) is 2.55. The number of imidazole rings is 1. The van der Waals surface area contributed by atoms with Gasteiger partial charge in [0.2, 0.25) is 0 Å². The first-order valence-corrected chi connectivity index (χ1v) is 7.48. The van der Waals surface area contributed by atoms with Gasteiger partial charge in [0.15, 0.2) is 5.03 Å². The van der Waals surface area contributed by atoms with Gasteiger partial charge in [0.05, 0.1) is 18.2 Å². The summed E-state index contributed by atoms with van der Waals surface area (Å²) < 4.78 is 32.3. The summed E-state index contributed by atoms with van der Waals surface area (Å²) in [6.07, 6.45) is 5.28. The van der Waals surface area contributed by atoms with Crippen molar-refractivity contribution in [3.8, 4) is 0 Å². The highest BCUT2D eigenvalue weighted by Gasteiger charge is 2.21. The van der Waals surface area contributed by atoms with Crippen LogP contribution in [0.15, 0.2) is 40.6 Å². The molecule has 0 aliphatic carbocycles. The van der Waals surface area contributed by atoms with E-state index in [0.717, 1.165) is 0 Å². The van der Waals surface area contributed by atoms with Gasteiger partial charge in [0.1, 0.15) is 6.26 Å². The third-order valence-electron chi connectivity index (χ3n) is 2.47. The molecule has 2 aromatic rings. The van der Waals surface area contributed by atoms with Crippen molar-refractivity contribution in [2.45, 2.75) is 25.4 Å². The second-order valence-corrected chi connectivity index (χ2v) is 6.38. The molecular weight excluding hydrogens is 282 g/mol. The van der Waals surface area contributed by atoms with Gasteiger partial charge in [-0.2, -0.15) is 8.42 Å².